The molecule has 3 rings (SSSR count). The molecule has 1 aromatic heterocycles. The number of nitrogens with two attached hydrogens (primary N) is 1. The maximum Gasteiger partial charge on any atom is 0.151 e. The van der Waals surface area contributed by atoms with Crippen LogP contribution in [0.5, 0.6) is 0 Å². The highest BCUT2D eigenvalue weighted by atomic mass is 16.5. The Hall–Kier alpha value is -1.20. The van der Waals surface area contributed by atoms with Gasteiger partial charge in [0, 0.05) is 19.0 Å². The summed E-state index contributed by atoms with van der Waals surface area (Å²) in [7, 11) is 0. The lowest BCUT2D eigenvalue weighted by Crippen LogP contribution is -2.49. The Morgan fingerprint density at radius 3 is 2.79 bits per heavy atom. The average Bonchev–Trinajstić information content (AvgIpc) is 3.02. The standard InChI is InChI=1S/C14H22N4O/c15-9-12-10-19-8-7-18(12)14-6-5-13(16-17-14)11-3-1-2-4-11/h5-6,11-12H,1-4,7-10,15H2. The van der Waals surface area contributed by atoms with Crippen LogP contribution < -0.4 is 10.6 Å². The van der Waals surface area contributed by atoms with E-state index < -0.39 is 0 Å². The van der Waals surface area contributed by atoms with E-state index in [9.17, 15) is 0 Å². The van der Waals surface area contributed by atoms with Crippen molar-refractivity contribution >= 4 is 5.82 Å². The summed E-state index contributed by atoms with van der Waals surface area (Å²) < 4.78 is 5.46. The maximum absolute atomic E-state index is 5.79. The molecule has 0 spiro atoms. The number of morpholine rings is 1. The average molecular weight is 262 g/mol. The van der Waals surface area contributed by atoms with Crippen molar-refractivity contribution in [2.24, 2.45) is 5.73 Å². The third-order valence-electron chi connectivity index (χ3n) is 4.24. The molecule has 2 N–H and O–H groups in total. The first-order chi connectivity index (χ1) is 9.38. The van der Waals surface area contributed by atoms with Crippen LogP contribution in [-0.4, -0.2) is 42.5 Å². The molecule has 1 aliphatic heterocycles. The van der Waals surface area contributed by atoms with Gasteiger partial charge in [0.2, 0.25) is 0 Å². The fraction of sp³-hybridized carbons (Fsp3) is 0.714. The summed E-state index contributed by atoms with van der Waals surface area (Å²) in [5.41, 5.74) is 6.94. The van der Waals surface area contributed by atoms with Gasteiger partial charge in [-0.2, -0.15) is 5.10 Å². The van der Waals surface area contributed by atoms with Gasteiger partial charge >= 0.3 is 0 Å². The molecular weight excluding hydrogens is 240 g/mol. The van der Waals surface area contributed by atoms with Crippen molar-refractivity contribution in [3.8, 4) is 0 Å². The summed E-state index contributed by atoms with van der Waals surface area (Å²) in [6.07, 6.45) is 5.17. The summed E-state index contributed by atoms with van der Waals surface area (Å²) in [6.45, 7) is 2.86. The highest BCUT2D eigenvalue weighted by Crippen LogP contribution is 2.33. The molecule has 2 fully saturated rings. The third-order valence-corrected chi connectivity index (χ3v) is 4.24. The fourth-order valence-corrected chi connectivity index (χ4v) is 3.08. The topological polar surface area (TPSA) is 64.3 Å². The van der Waals surface area contributed by atoms with Gasteiger partial charge in [-0.1, -0.05) is 12.8 Å². The Balaban J connectivity index is 1.73. The van der Waals surface area contributed by atoms with Gasteiger partial charge in [-0.3, -0.25) is 0 Å². The first kappa shape index (κ1) is 12.8. The number of aromatic nitrogens is 2. The van der Waals surface area contributed by atoms with Gasteiger partial charge in [0.15, 0.2) is 5.82 Å². The lowest BCUT2D eigenvalue weighted by atomic mass is 10.0. The molecule has 19 heavy (non-hydrogen) atoms. The molecule has 1 saturated heterocycles. The van der Waals surface area contributed by atoms with Gasteiger partial charge < -0.3 is 15.4 Å². The van der Waals surface area contributed by atoms with Crippen LogP contribution >= 0.6 is 0 Å². The molecule has 2 aliphatic rings. The zero-order chi connectivity index (χ0) is 13.1. The summed E-state index contributed by atoms with van der Waals surface area (Å²) in [5, 5.41) is 8.84. The molecule has 104 valence electrons. The predicted molar refractivity (Wildman–Crippen MR) is 74.2 cm³/mol. The summed E-state index contributed by atoms with van der Waals surface area (Å²) in [4.78, 5) is 2.22. The van der Waals surface area contributed by atoms with Gasteiger partial charge in [-0.05, 0) is 25.0 Å². The van der Waals surface area contributed by atoms with Gasteiger partial charge in [0.25, 0.3) is 0 Å². The monoisotopic (exact) mass is 262 g/mol. The van der Waals surface area contributed by atoms with E-state index in [0.29, 0.717) is 19.1 Å². The number of rotatable bonds is 3. The number of hydrogen-bond donors (Lipinski definition) is 1. The predicted octanol–water partition coefficient (Wildman–Crippen LogP) is 1.30. The fourth-order valence-electron chi connectivity index (χ4n) is 3.08. The summed E-state index contributed by atoms with van der Waals surface area (Å²) in [5.74, 6) is 1.55. The Labute approximate surface area is 114 Å². The molecule has 1 aromatic rings. The Morgan fingerprint density at radius 1 is 1.26 bits per heavy atom. The largest absolute Gasteiger partial charge is 0.377 e. The van der Waals surface area contributed by atoms with E-state index in [1.165, 1.54) is 25.7 Å². The van der Waals surface area contributed by atoms with E-state index >= 15 is 0 Å². The second-order valence-electron chi connectivity index (χ2n) is 5.46. The van der Waals surface area contributed by atoms with Crippen LogP contribution in [0.25, 0.3) is 0 Å². The molecule has 1 aliphatic carbocycles. The molecule has 0 aromatic carbocycles. The first-order valence-electron chi connectivity index (χ1n) is 7.26. The van der Waals surface area contributed by atoms with Crippen molar-refractivity contribution in [3.05, 3.63) is 17.8 Å². The van der Waals surface area contributed by atoms with Gasteiger partial charge in [0.1, 0.15) is 0 Å². The van der Waals surface area contributed by atoms with Crippen LogP contribution in [0.3, 0.4) is 0 Å². The first-order valence-corrected chi connectivity index (χ1v) is 7.26. The second-order valence-corrected chi connectivity index (χ2v) is 5.46. The molecule has 2 heterocycles. The van der Waals surface area contributed by atoms with Crippen LogP contribution in [0.2, 0.25) is 0 Å². The number of hydrogen-bond acceptors (Lipinski definition) is 5. The lowest BCUT2D eigenvalue weighted by Gasteiger charge is -2.35. The van der Waals surface area contributed by atoms with Gasteiger partial charge in [-0.25, -0.2) is 0 Å². The van der Waals surface area contributed by atoms with Gasteiger partial charge in [-0.15, -0.1) is 5.10 Å². The summed E-state index contributed by atoms with van der Waals surface area (Å²) >= 11 is 0. The van der Waals surface area contributed by atoms with E-state index in [0.717, 1.165) is 24.7 Å². The Bertz CT molecular complexity index is 402. The molecule has 0 radical (unpaired) electrons. The van der Waals surface area contributed by atoms with E-state index in [4.69, 9.17) is 10.5 Å². The van der Waals surface area contributed by atoms with Crippen molar-refractivity contribution < 1.29 is 4.74 Å². The zero-order valence-electron chi connectivity index (χ0n) is 11.3. The van der Waals surface area contributed by atoms with Crippen LogP contribution in [0.4, 0.5) is 5.82 Å². The van der Waals surface area contributed by atoms with E-state index in [-0.39, 0.29) is 6.04 Å². The van der Waals surface area contributed by atoms with Crippen LogP contribution in [0.15, 0.2) is 12.1 Å². The molecule has 1 atom stereocenters. The molecule has 5 heteroatoms. The van der Waals surface area contributed by atoms with E-state index in [2.05, 4.69) is 27.2 Å². The van der Waals surface area contributed by atoms with Crippen molar-refractivity contribution in [2.45, 2.75) is 37.6 Å². The van der Waals surface area contributed by atoms with Crippen molar-refractivity contribution in [1.82, 2.24) is 10.2 Å². The molecule has 5 nitrogen and oxygen atoms in total. The van der Waals surface area contributed by atoms with Crippen molar-refractivity contribution in [1.29, 1.82) is 0 Å². The lowest BCUT2D eigenvalue weighted by molar-refractivity contribution is 0.0957. The second kappa shape index (κ2) is 5.84. The summed E-state index contributed by atoms with van der Waals surface area (Å²) in [6, 6.07) is 4.45. The highest BCUT2D eigenvalue weighted by Gasteiger charge is 2.24. The maximum atomic E-state index is 5.79. The normalized spacial score (nSPS) is 24.9. The van der Waals surface area contributed by atoms with Crippen LogP contribution in [0, 0.1) is 0 Å². The third kappa shape index (κ3) is 2.72. The highest BCUT2D eigenvalue weighted by molar-refractivity contribution is 5.40. The van der Waals surface area contributed by atoms with E-state index in [1.54, 1.807) is 0 Å². The molecule has 0 amide bonds. The number of nitrogens with zero attached hydrogens (tertiary/aromatic N) is 3. The number of ether oxygens (including phenoxy) is 1. The smallest absolute Gasteiger partial charge is 0.151 e. The van der Waals surface area contributed by atoms with Crippen molar-refractivity contribution in [3.63, 3.8) is 0 Å². The van der Waals surface area contributed by atoms with Crippen molar-refractivity contribution in [2.75, 3.05) is 31.2 Å². The Kier molecular flexibility index (Phi) is 3.94. The molecule has 1 unspecified atom stereocenters. The van der Waals surface area contributed by atoms with Crippen LogP contribution in [0.1, 0.15) is 37.3 Å². The minimum absolute atomic E-state index is 0.223. The van der Waals surface area contributed by atoms with E-state index in [1.807, 2.05) is 0 Å². The quantitative estimate of drug-likeness (QED) is 0.889. The van der Waals surface area contributed by atoms with Crippen LogP contribution in [-0.2, 0) is 4.74 Å². The minimum Gasteiger partial charge on any atom is -0.377 e. The molecule has 1 saturated carbocycles. The SMILES string of the molecule is NCC1COCCN1c1ccc(C2CCCC2)nn1. The molecule has 0 bridgehead atoms. The Morgan fingerprint density at radius 2 is 2.11 bits per heavy atom. The zero-order valence-corrected chi connectivity index (χ0v) is 11.3. The molecular formula is C14H22N4O. The van der Waals surface area contributed by atoms with Gasteiger partial charge in [0.05, 0.1) is 24.9 Å². The minimum atomic E-state index is 0.223. The number of anilines is 1.